The van der Waals surface area contributed by atoms with Gasteiger partial charge in [-0.3, -0.25) is 9.59 Å². The maximum absolute atomic E-state index is 12.7. The Bertz CT molecular complexity index is 949. The zero-order chi connectivity index (χ0) is 22.0. The SMILES string of the molecule is CCCCC1CCC(C(=O)Nc2nc(-c3ccc4c(c3)N(C)C(=O)[C@H](C)O4)cs2)CC1. The van der Waals surface area contributed by atoms with Gasteiger partial charge in [0.15, 0.2) is 11.2 Å². The van der Waals surface area contributed by atoms with E-state index in [1.165, 1.54) is 30.6 Å². The van der Waals surface area contributed by atoms with Crippen LogP contribution in [0.1, 0.15) is 58.8 Å². The smallest absolute Gasteiger partial charge is 0.267 e. The average molecular weight is 442 g/mol. The number of unbranched alkanes of at least 4 members (excludes halogenated alkanes) is 1. The number of ether oxygens (including phenoxy) is 1. The van der Waals surface area contributed by atoms with Gasteiger partial charge in [0.05, 0.1) is 11.4 Å². The second-order valence-corrected chi connectivity index (χ2v) is 9.58. The fourth-order valence-corrected chi connectivity index (χ4v) is 5.27. The Hall–Kier alpha value is -2.41. The molecule has 166 valence electrons. The predicted molar refractivity (Wildman–Crippen MR) is 125 cm³/mol. The van der Waals surface area contributed by atoms with Crippen LogP contribution >= 0.6 is 11.3 Å². The van der Waals surface area contributed by atoms with Crippen LogP contribution < -0.4 is 15.0 Å². The van der Waals surface area contributed by atoms with Crippen molar-refractivity contribution in [1.82, 2.24) is 4.98 Å². The van der Waals surface area contributed by atoms with Gasteiger partial charge in [-0.1, -0.05) is 26.2 Å². The molecule has 2 aromatic rings. The highest BCUT2D eigenvalue weighted by molar-refractivity contribution is 7.14. The van der Waals surface area contributed by atoms with Crippen LogP contribution in [0.5, 0.6) is 5.75 Å². The Morgan fingerprint density at radius 2 is 2.06 bits per heavy atom. The zero-order valence-corrected chi connectivity index (χ0v) is 19.3. The van der Waals surface area contributed by atoms with E-state index in [0.29, 0.717) is 10.9 Å². The maximum atomic E-state index is 12.7. The number of thiazole rings is 1. The molecule has 2 heterocycles. The minimum atomic E-state index is -0.480. The summed E-state index contributed by atoms with van der Waals surface area (Å²) >= 11 is 1.43. The third kappa shape index (κ3) is 4.76. The highest BCUT2D eigenvalue weighted by atomic mass is 32.1. The third-order valence-corrected chi connectivity index (χ3v) is 7.27. The largest absolute Gasteiger partial charge is 0.479 e. The van der Waals surface area contributed by atoms with E-state index >= 15 is 0 Å². The number of likely N-dealkylation sites (N-methyl/N-ethyl adjacent to an activating group) is 1. The molecule has 6 nitrogen and oxygen atoms in total. The van der Waals surface area contributed by atoms with E-state index in [1.807, 2.05) is 23.6 Å². The van der Waals surface area contributed by atoms with Crippen LogP contribution in [0.3, 0.4) is 0 Å². The van der Waals surface area contributed by atoms with E-state index in [-0.39, 0.29) is 17.7 Å². The van der Waals surface area contributed by atoms with Crippen molar-refractivity contribution in [3.8, 4) is 17.0 Å². The molecule has 7 heteroatoms. The highest BCUT2D eigenvalue weighted by Crippen LogP contribution is 2.38. The Labute approximate surface area is 188 Å². The van der Waals surface area contributed by atoms with E-state index in [0.717, 1.165) is 48.5 Å². The predicted octanol–water partition coefficient (Wildman–Crippen LogP) is 5.49. The van der Waals surface area contributed by atoms with Crippen molar-refractivity contribution in [2.45, 2.75) is 64.9 Å². The van der Waals surface area contributed by atoms with E-state index in [1.54, 1.807) is 18.9 Å². The minimum Gasteiger partial charge on any atom is -0.479 e. The average Bonchev–Trinajstić information content (AvgIpc) is 3.24. The summed E-state index contributed by atoms with van der Waals surface area (Å²) in [6.45, 7) is 3.99. The van der Waals surface area contributed by atoms with Gasteiger partial charge in [-0.2, -0.15) is 0 Å². The number of carbonyl (C=O) groups excluding carboxylic acids is 2. The Morgan fingerprint density at radius 1 is 1.29 bits per heavy atom. The lowest BCUT2D eigenvalue weighted by molar-refractivity contribution is -0.125. The monoisotopic (exact) mass is 441 g/mol. The molecule has 0 unspecified atom stereocenters. The molecule has 31 heavy (non-hydrogen) atoms. The summed E-state index contributed by atoms with van der Waals surface area (Å²) in [6.07, 6.45) is 7.62. The molecule has 0 radical (unpaired) electrons. The standard InChI is InChI=1S/C24H31N3O3S/c1-4-5-6-16-7-9-17(10-8-16)22(28)26-24-25-19(14-31-24)18-11-12-21-20(13-18)27(3)23(29)15(2)30-21/h11-17H,4-10H2,1-3H3,(H,25,26,28)/t15-,16?,17?/m0/s1. The molecule has 2 aliphatic rings. The van der Waals surface area contributed by atoms with Crippen molar-refractivity contribution in [3.63, 3.8) is 0 Å². The van der Waals surface area contributed by atoms with Crippen LogP contribution in [-0.2, 0) is 9.59 Å². The number of hydrogen-bond donors (Lipinski definition) is 1. The first-order valence-corrected chi connectivity index (χ1v) is 12.2. The Kier molecular flexibility index (Phi) is 6.60. The van der Waals surface area contributed by atoms with Gasteiger partial charge in [0.1, 0.15) is 5.75 Å². The molecule has 1 aliphatic carbocycles. The van der Waals surface area contributed by atoms with E-state index in [4.69, 9.17) is 4.74 Å². The van der Waals surface area contributed by atoms with Gasteiger partial charge in [0.2, 0.25) is 5.91 Å². The summed E-state index contributed by atoms with van der Waals surface area (Å²) < 4.78 is 5.69. The summed E-state index contributed by atoms with van der Waals surface area (Å²) in [7, 11) is 1.76. The Morgan fingerprint density at radius 3 is 2.81 bits per heavy atom. The fraction of sp³-hybridized carbons (Fsp3) is 0.542. The van der Waals surface area contributed by atoms with Gasteiger partial charge in [-0.05, 0) is 56.7 Å². The lowest BCUT2D eigenvalue weighted by Crippen LogP contribution is -2.41. The number of fused-ring (bicyclic) bond motifs is 1. The van der Waals surface area contributed by atoms with Crippen molar-refractivity contribution < 1.29 is 14.3 Å². The topological polar surface area (TPSA) is 71.5 Å². The molecule has 1 saturated carbocycles. The van der Waals surface area contributed by atoms with Crippen LogP contribution in [0.2, 0.25) is 0 Å². The number of amides is 2. The van der Waals surface area contributed by atoms with E-state index in [2.05, 4.69) is 17.2 Å². The van der Waals surface area contributed by atoms with Gasteiger partial charge >= 0.3 is 0 Å². The van der Waals surface area contributed by atoms with Gasteiger partial charge in [-0.15, -0.1) is 11.3 Å². The molecule has 0 saturated heterocycles. The fourth-order valence-electron chi connectivity index (χ4n) is 4.55. The number of rotatable bonds is 6. The molecule has 1 N–H and O–H groups in total. The molecule has 1 atom stereocenters. The van der Waals surface area contributed by atoms with E-state index < -0.39 is 6.10 Å². The second-order valence-electron chi connectivity index (χ2n) is 8.73. The lowest BCUT2D eigenvalue weighted by Gasteiger charge is -2.30. The molecular formula is C24H31N3O3S. The number of nitrogens with zero attached hydrogens (tertiary/aromatic N) is 2. The Balaban J connectivity index is 1.39. The summed E-state index contributed by atoms with van der Waals surface area (Å²) in [5.41, 5.74) is 2.41. The van der Waals surface area contributed by atoms with Crippen molar-refractivity contribution in [2.75, 3.05) is 17.3 Å². The highest BCUT2D eigenvalue weighted by Gasteiger charge is 2.29. The normalized spacial score (nSPS) is 23.3. The summed E-state index contributed by atoms with van der Waals surface area (Å²) in [5, 5.41) is 5.59. The van der Waals surface area contributed by atoms with Crippen molar-refractivity contribution in [3.05, 3.63) is 23.6 Å². The summed E-state index contributed by atoms with van der Waals surface area (Å²) in [4.78, 5) is 31.2. The van der Waals surface area contributed by atoms with Crippen molar-refractivity contribution in [2.24, 2.45) is 11.8 Å². The van der Waals surface area contributed by atoms with Crippen LogP contribution in [0, 0.1) is 11.8 Å². The van der Waals surface area contributed by atoms with Crippen LogP contribution in [0.25, 0.3) is 11.3 Å². The number of benzene rings is 1. The molecule has 0 spiro atoms. The molecule has 1 fully saturated rings. The maximum Gasteiger partial charge on any atom is 0.267 e. The number of hydrogen-bond acceptors (Lipinski definition) is 5. The number of nitrogens with one attached hydrogen (secondary N) is 1. The van der Waals surface area contributed by atoms with Gasteiger partial charge in [0.25, 0.3) is 5.91 Å². The first-order chi connectivity index (χ1) is 15.0. The van der Waals surface area contributed by atoms with E-state index in [9.17, 15) is 9.59 Å². The molecule has 1 aliphatic heterocycles. The molecule has 1 aromatic carbocycles. The van der Waals surface area contributed by atoms with Gasteiger partial charge in [0, 0.05) is 23.9 Å². The molecule has 2 amide bonds. The molecular weight excluding hydrogens is 410 g/mol. The molecule has 4 rings (SSSR count). The van der Waals surface area contributed by atoms with Gasteiger partial charge < -0.3 is 15.0 Å². The number of anilines is 2. The van der Waals surface area contributed by atoms with Crippen LogP contribution in [-0.4, -0.2) is 29.9 Å². The lowest BCUT2D eigenvalue weighted by atomic mass is 9.79. The van der Waals surface area contributed by atoms with Crippen molar-refractivity contribution in [1.29, 1.82) is 0 Å². The molecule has 1 aromatic heterocycles. The van der Waals surface area contributed by atoms with Crippen LogP contribution in [0.4, 0.5) is 10.8 Å². The minimum absolute atomic E-state index is 0.0692. The first kappa shape index (κ1) is 21.8. The zero-order valence-electron chi connectivity index (χ0n) is 18.5. The number of aromatic nitrogens is 1. The van der Waals surface area contributed by atoms with Gasteiger partial charge in [-0.25, -0.2) is 4.98 Å². The quantitative estimate of drug-likeness (QED) is 0.643. The van der Waals surface area contributed by atoms with Crippen molar-refractivity contribution >= 4 is 34.0 Å². The second kappa shape index (κ2) is 9.39. The summed E-state index contributed by atoms with van der Waals surface area (Å²) in [6, 6.07) is 5.73. The summed E-state index contributed by atoms with van der Waals surface area (Å²) in [5.74, 6) is 1.59. The third-order valence-electron chi connectivity index (χ3n) is 6.52. The van der Waals surface area contributed by atoms with Crippen LogP contribution in [0.15, 0.2) is 23.6 Å². The molecule has 0 bridgehead atoms. The number of carbonyl (C=O) groups is 2. The first-order valence-electron chi connectivity index (χ1n) is 11.3.